The Kier molecular flexibility index (Phi) is 3.71. The number of amides is 1. The number of hydrogen-bond donors (Lipinski definition) is 3. The summed E-state index contributed by atoms with van der Waals surface area (Å²) >= 11 is 5.80. The number of benzene rings is 1. The number of halogens is 1. The Morgan fingerprint density at radius 2 is 2.12 bits per heavy atom. The molecule has 1 aromatic carbocycles. The largest absolute Gasteiger partial charge is 0.490 e. The minimum absolute atomic E-state index is 0.0167. The van der Waals surface area contributed by atoms with Crippen LogP contribution in [-0.4, -0.2) is 23.1 Å². The predicted octanol–water partition coefficient (Wildman–Crippen LogP) is 0.758. The molecule has 0 aromatic heterocycles. The van der Waals surface area contributed by atoms with E-state index in [0.29, 0.717) is 5.69 Å². The molecule has 0 unspecified atom stereocenters. The molecule has 90 valence electrons. The molecular weight excluding hydrogens is 240 g/mol. The maximum atomic E-state index is 11.7. The second-order valence-electron chi connectivity index (χ2n) is 4.23. The summed E-state index contributed by atoms with van der Waals surface area (Å²) in [6.07, 6.45) is 2.95. The molecule has 6 heteroatoms. The second-order valence-corrected chi connectivity index (χ2v) is 4.63. The highest BCUT2D eigenvalue weighted by atomic mass is 35.5. The first-order valence-corrected chi connectivity index (χ1v) is 5.92. The van der Waals surface area contributed by atoms with Crippen LogP contribution >= 0.6 is 11.6 Å². The van der Waals surface area contributed by atoms with Gasteiger partial charge in [0.1, 0.15) is 0 Å². The molecule has 0 heterocycles. The first kappa shape index (κ1) is 12.4. The molecule has 1 amide bonds. The average Bonchev–Trinajstić information content (AvgIpc) is 2.17. The zero-order valence-corrected chi connectivity index (χ0v) is 9.94. The minimum Gasteiger partial charge on any atom is -0.423 e. The number of anilines is 1. The highest BCUT2D eigenvalue weighted by molar-refractivity contribution is 6.62. The van der Waals surface area contributed by atoms with Crippen molar-refractivity contribution in [1.29, 1.82) is 0 Å². The lowest BCUT2D eigenvalue weighted by Crippen LogP contribution is -2.32. The average molecular weight is 253 g/mol. The van der Waals surface area contributed by atoms with Gasteiger partial charge in [-0.2, -0.15) is 0 Å². The molecule has 3 N–H and O–H groups in total. The van der Waals surface area contributed by atoms with Gasteiger partial charge < -0.3 is 15.4 Å². The Morgan fingerprint density at radius 1 is 1.41 bits per heavy atom. The maximum Gasteiger partial charge on any atom is 0.490 e. The molecule has 0 saturated heterocycles. The molecule has 0 aliphatic heterocycles. The van der Waals surface area contributed by atoms with Crippen molar-refractivity contribution in [3.05, 3.63) is 23.2 Å². The van der Waals surface area contributed by atoms with Crippen LogP contribution in [0, 0.1) is 5.92 Å². The van der Waals surface area contributed by atoms with Crippen LogP contribution in [0.5, 0.6) is 0 Å². The molecular formula is C11H13BClNO3. The van der Waals surface area contributed by atoms with Crippen LogP contribution in [-0.2, 0) is 4.79 Å². The van der Waals surface area contributed by atoms with Crippen LogP contribution in [0.4, 0.5) is 5.69 Å². The first-order valence-electron chi connectivity index (χ1n) is 5.54. The molecule has 0 spiro atoms. The lowest BCUT2D eigenvalue weighted by molar-refractivity contribution is -0.122. The quantitative estimate of drug-likeness (QED) is 0.697. The molecule has 1 fully saturated rings. The van der Waals surface area contributed by atoms with Crippen molar-refractivity contribution in [1.82, 2.24) is 0 Å². The van der Waals surface area contributed by atoms with E-state index in [2.05, 4.69) is 5.32 Å². The van der Waals surface area contributed by atoms with E-state index in [4.69, 9.17) is 21.6 Å². The van der Waals surface area contributed by atoms with Crippen molar-refractivity contribution < 1.29 is 14.8 Å². The zero-order chi connectivity index (χ0) is 12.4. The van der Waals surface area contributed by atoms with E-state index in [-0.39, 0.29) is 22.3 Å². The molecule has 1 aromatic rings. The molecule has 0 atom stereocenters. The highest BCUT2D eigenvalue weighted by Gasteiger charge is 2.25. The number of carbonyl (C=O) groups excluding carboxylic acids is 1. The zero-order valence-electron chi connectivity index (χ0n) is 9.19. The topological polar surface area (TPSA) is 69.6 Å². The molecule has 2 rings (SSSR count). The third-order valence-corrected chi connectivity index (χ3v) is 3.36. The Hall–Kier alpha value is -1.04. The Morgan fingerprint density at radius 3 is 2.65 bits per heavy atom. The summed E-state index contributed by atoms with van der Waals surface area (Å²) < 4.78 is 0. The smallest absolute Gasteiger partial charge is 0.423 e. The van der Waals surface area contributed by atoms with E-state index < -0.39 is 7.12 Å². The highest BCUT2D eigenvalue weighted by Crippen LogP contribution is 2.27. The van der Waals surface area contributed by atoms with Gasteiger partial charge >= 0.3 is 7.12 Å². The molecule has 1 aliphatic rings. The van der Waals surface area contributed by atoms with E-state index in [1.165, 1.54) is 12.1 Å². The summed E-state index contributed by atoms with van der Waals surface area (Å²) in [4.78, 5) is 11.7. The molecule has 0 bridgehead atoms. The predicted molar refractivity (Wildman–Crippen MR) is 67.2 cm³/mol. The molecule has 0 radical (unpaired) electrons. The Bertz CT molecular complexity index is 435. The van der Waals surface area contributed by atoms with E-state index in [0.717, 1.165) is 19.3 Å². The van der Waals surface area contributed by atoms with Crippen LogP contribution < -0.4 is 10.8 Å². The van der Waals surface area contributed by atoms with Crippen LogP contribution in [0.1, 0.15) is 19.3 Å². The van der Waals surface area contributed by atoms with Gasteiger partial charge in [-0.1, -0.05) is 18.0 Å². The van der Waals surface area contributed by atoms with Crippen molar-refractivity contribution in [2.75, 3.05) is 5.32 Å². The van der Waals surface area contributed by atoms with E-state index >= 15 is 0 Å². The Balaban J connectivity index is 2.10. The number of nitrogens with one attached hydrogen (secondary N) is 1. The molecule has 4 nitrogen and oxygen atoms in total. The standard InChI is InChI=1S/C11H13BClNO3/c13-10-5-4-8(6-9(10)12(16)17)14-11(15)7-2-1-3-7/h4-7,16-17H,1-3H2,(H,14,15). The third-order valence-electron chi connectivity index (χ3n) is 3.02. The van der Waals surface area contributed by atoms with Crippen LogP contribution in [0.15, 0.2) is 18.2 Å². The van der Waals surface area contributed by atoms with Crippen molar-refractivity contribution >= 4 is 35.8 Å². The third kappa shape index (κ3) is 2.80. The van der Waals surface area contributed by atoms with Gasteiger partial charge in [0.15, 0.2) is 0 Å². The van der Waals surface area contributed by atoms with Crippen LogP contribution in [0.3, 0.4) is 0 Å². The van der Waals surface area contributed by atoms with Crippen molar-refractivity contribution in [3.8, 4) is 0 Å². The van der Waals surface area contributed by atoms with Gasteiger partial charge in [0.2, 0.25) is 5.91 Å². The van der Waals surface area contributed by atoms with Crippen LogP contribution in [0.2, 0.25) is 5.02 Å². The van der Waals surface area contributed by atoms with Crippen molar-refractivity contribution in [2.24, 2.45) is 5.92 Å². The van der Waals surface area contributed by atoms with Gasteiger partial charge in [-0.3, -0.25) is 4.79 Å². The lowest BCUT2D eigenvalue weighted by Gasteiger charge is -2.24. The van der Waals surface area contributed by atoms with Crippen molar-refractivity contribution in [3.63, 3.8) is 0 Å². The van der Waals surface area contributed by atoms with E-state index in [1.54, 1.807) is 6.07 Å². The monoisotopic (exact) mass is 253 g/mol. The van der Waals surface area contributed by atoms with Gasteiger partial charge in [-0.25, -0.2) is 0 Å². The lowest BCUT2D eigenvalue weighted by atomic mass is 9.80. The molecule has 1 saturated carbocycles. The summed E-state index contributed by atoms with van der Waals surface area (Å²) in [5, 5.41) is 21.2. The summed E-state index contributed by atoms with van der Waals surface area (Å²) in [6.45, 7) is 0. The van der Waals surface area contributed by atoms with Crippen LogP contribution in [0.25, 0.3) is 0 Å². The molecule has 1 aliphatic carbocycles. The van der Waals surface area contributed by atoms with Gasteiger partial charge in [-0.05, 0) is 31.0 Å². The number of carbonyl (C=O) groups is 1. The number of rotatable bonds is 3. The van der Waals surface area contributed by atoms with Gasteiger partial charge in [-0.15, -0.1) is 0 Å². The second kappa shape index (κ2) is 5.08. The Labute approximate surface area is 105 Å². The normalized spacial score (nSPS) is 15.2. The fourth-order valence-corrected chi connectivity index (χ4v) is 1.95. The summed E-state index contributed by atoms with van der Waals surface area (Å²) in [5.74, 6) is 0.0742. The van der Waals surface area contributed by atoms with Crippen molar-refractivity contribution in [2.45, 2.75) is 19.3 Å². The summed E-state index contributed by atoms with van der Waals surface area (Å²) in [6, 6.07) is 4.65. The summed E-state index contributed by atoms with van der Waals surface area (Å²) in [7, 11) is -1.64. The van der Waals surface area contributed by atoms with Gasteiger partial charge in [0.05, 0.1) is 0 Å². The fourth-order valence-electron chi connectivity index (χ4n) is 1.73. The van der Waals surface area contributed by atoms with Gasteiger partial charge in [0.25, 0.3) is 0 Å². The minimum atomic E-state index is -1.64. The first-order chi connectivity index (χ1) is 8.08. The summed E-state index contributed by atoms with van der Waals surface area (Å²) in [5.41, 5.74) is 0.729. The molecule has 17 heavy (non-hydrogen) atoms. The van der Waals surface area contributed by atoms with E-state index in [9.17, 15) is 4.79 Å². The SMILES string of the molecule is O=C(Nc1ccc(Cl)c(B(O)O)c1)C1CCC1. The fraction of sp³-hybridized carbons (Fsp3) is 0.364. The number of hydrogen-bond acceptors (Lipinski definition) is 3. The maximum absolute atomic E-state index is 11.7. The van der Waals surface area contributed by atoms with Gasteiger partial charge in [0, 0.05) is 22.1 Å². The van der Waals surface area contributed by atoms with E-state index in [1.807, 2.05) is 0 Å².